The summed E-state index contributed by atoms with van der Waals surface area (Å²) in [5.41, 5.74) is -0.956. The van der Waals surface area contributed by atoms with Crippen LogP contribution in [-0.2, 0) is 9.53 Å². The number of likely N-dealkylation sites (tertiary alicyclic amines) is 1. The van der Waals surface area contributed by atoms with E-state index in [0.29, 0.717) is 9.37 Å². The quantitative estimate of drug-likeness (QED) is 0.701. The summed E-state index contributed by atoms with van der Waals surface area (Å²) in [5.74, 6) is -1.40. The monoisotopic (exact) mass is 451 g/mol. The third kappa shape index (κ3) is 5.33. The first-order chi connectivity index (χ1) is 12.3. The summed E-state index contributed by atoms with van der Waals surface area (Å²) < 4.78 is 46.4. The lowest BCUT2D eigenvalue weighted by Gasteiger charge is -2.41. The minimum absolute atomic E-state index is 0.0242. The van der Waals surface area contributed by atoms with Gasteiger partial charge in [-0.1, -0.05) is 0 Å². The second kappa shape index (κ2) is 7.65. The van der Waals surface area contributed by atoms with Crippen molar-refractivity contribution >= 4 is 27.9 Å². The Morgan fingerprint density at radius 3 is 2.33 bits per heavy atom. The number of nitrogens with zero attached hydrogens (tertiary/aromatic N) is 3. The number of amides is 2. The van der Waals surface area contributed by atoms with Crippen LogP contribution in [0.5, 0.6) is 0 Å². The van der Waals surface area contributed by atoms with E-state index in [1.165, 1.54) is 23.2 Å². The Balaban J connectivity index is 2.07. The van der Waals surface area contributed by atoms with E-state index in [4.69, 9.17) is 4.74 Å². The van der Waals surface area contributed by atoms with Crippen molar-refractivity contribution in [2.24, 2.45) is 5.92 Å². The van der Waals surface area contributed by atoms with Gasteiger partial charge in [-0.05, 0) is 48.8 Å². The zero-order valence-electron chi connectivity index (χ0n) is 15.4. The van der Waals surface area contributed by atoms with Gasteiger partial charge in [-0.25, -0.2) is 4.79 Å². The smallest absolute Gasteiger partial charge is 0.414 e. The molecule has 0 saturated carbocycles. The van der Waals surface area contributed by atoms with Crippen LogP contribution in [0.3, 0.4) is 0 Å². The summed E-state index contributed by atoms with van der Waals surface area (Å²) >= 11 is 3.12. The summed E-state index contributed by atoms with van der Waals surface area (Å²) in [4.78, 5) is 30.2. The van der Waals surface area contributed by atoms with E-state index in [1.54, 1.807) is 20.8 Å². The average Bonchev–Trinajstić information content (AvgIpc) is 2.44. The van der Waals surface area contributed by atoms with Gasteiger partial charge in [0.1, 0.15) is 5.60 Å². The van der Waals surface area contributed by atoms with Crippen molar-refractivity contribution in [1.82, 2.24) is 14.8 Å². The van der Waals surface area contributed by atoms with E-state index in [-0.39, 0.29) is 18.8 Å². The molecule has 1 saturated heterocycles. The normalized spacial score (nSPS) is 16.5. The minimum Gasteiger partial charge on any atom is -0.444 e. The molecule has 6 nitrogen and oxygen atoms in total. The number of pyridine rings is 1. The van der Waals surface area contributed by atoms with Gasteiger partial charge in [0.25, 0.3) is 0 Å². The van der Waals surface area contributed by atoms with Crippen LogP contribution in [0.4, 0.5) is 18.0 Å². The number of hydrogen-bond donors (Lipinski definition) is 0. The van der Waals surface area contributed by atoms with Crippen molar-refractivity contribution in [1.29, 1.82) is 0 Å². The van der Waals surface area contributed by atoms with Gasteiger partial charge in [0.05, 0.1) is 11.6 Å². The van der Waals surface area contributed by atoms with Gasteiger partial charge < -0.3 is 14.5 Å². The number of alkyl halides is 3. The van der Waals surface area contributed by atoms with Crippen LogP contribution in [-0.4, -0.2) is 58.7 Å². The van der Waals surface area contributed by atoms with Crippen molar-refractivity contribution in [2.45, 2.75) is 38.6 Å². The predicted molar refractivity (Wildman–Crippen MR) is 94.8 cm³/mol. The van der Waals surface area contributed by atoms with E-state index < -0.39 is 35.7 Å². The second-order valence-corrected chi connectivity index (χ2v) is 8.29. The molecule has 150 valence electrons. The molecule has 0 bridgehead atoms. The Kier molecular flexibility index (Phi) is 6.08. The molecule has 1 atom stereocenters. The molecule has 0 radical (unpaired) electrons. The number of rotatable bonds is 3. The summed E-state index contributed by atoms with van der Waals surface area (Å²) in [6, 6.07) is 0.501. The van der Waals surface area contributed by atoms with Crippen LogP contribution in [0.15, 0.2) is 22.8 Å². The highest BCUT2D eigenvalue weighted by atomic mass is 79.9. The van der Waals surface area contributed by atoms with Gasteiger partial charge in [0, 0.05) is 30.8 Å². The molecule has 0 spiro atoms. The fourth-order valence-corrected chi connectivity index (χ4v) is 2.89. The Bertz CT molecular complexity index is 698. The molecule has 10 heteroatoms. The van der Waals surface area contributed by atoms with E-state index in [0.717, 1.165) is 7.05 Å². The summed E-state index contributed by atoms with van der Waals surface area (Å²) in [6.07, 6.45) is -4.02. The Labute approximate surface area is 163 Å². The molecule has 27 heavy (non-hydrogen) atoms. The lowest BCUT2D eigenvalue weighted by atomic mass is 9.97. The maximum Gasteiger partial charge on any atom is 0.414 e. The van der Waals surface area contributed by atoms with Crippen molar-refractivity contribution in [2.75, 3.05) is 20.1 Å². The van der Waals surface area contributed by atoms with Crippen LogP contribution >= 0.6 is 15.9 Å². The average molecular weight is 452 g/mol. The van der Waals surface area contributed by atoms with Gasteiger partial charge >= 0.3 is 12.3 Å². The molecular weight excluding hydrogens is 431 g/mol. The molecule has 1 aliphatic heterocycles. The van der Waals surface area contributed by atoms with Crippen LogP contribution in [0.2, 0.25) is 0 Å². The number of halogens is 4. The predicted octanol–water partition coefficient (Wildman–Crippen LogP) is 3.77. The Morgan fingerprint density at radius 1 is 1.30 bits per heavy atom. The van der Waals surface area contributed by atoms with E-state index >= 15 is 0 Å². The number of carbonyl (C=O) groups excluding carboxylic acids is 2. The molecule has 2 rings (SSSR count). The molecule has 1 aromatic rings. The van der Waals surface area contributed by atoms with Crippen molar-refractivity contribution in [3.63, 3.8) is 0 Å². The van der Waals surface area contributed by atoms with Gasteiger partial charge in [-0.15, -0.1) is 0 Å². The molecule has 1 aromatic heterocycles. The van der Waals surface area contributed by atoms with E-state index in [1.807, 2.05) is 0 Å². The molecule has 0 aromatic carbocycles. The van der Waals surface area contributed by atoms with Crippen molar-refractivity contribution in [3.8, 4) is 0 Å². The summed E-state index contributed by atoms with van der Waals surface area (Å²) in [7, 11) is 1.10. The highest BCUT2D eigenvalue weighted by Gasteiger charge is 2.49. The number of ether oxygens (including phenoxy) is 1. The zero-order valence-corrected chi connectivity index (χ0v) is 17.0. The molecule has 0 aliphatic carbocycles. The van der Waals surface area contributed by atoms with Crippen LogP contribution < -0.4 is 0 Å². The molecular formula is C17H21BrF3N3O3. The van der Waals surface area contributed by atoms with Gasteiger partial charge in [0.15, 0.2) is 6.04 Å². The Hall–Kier alpha value is -1.84. The first kappa shape index (κ1) is 21.5. The fraction of sp³-hybridized carbons (Fsp3) is 0.588. The van der Waals surface area contributed by atoms with Crippen LogP contribution in [0.25, 0.3) is 0 Å². The van der Waals surface area contributed by atoms with Crippen LogP contribution in [0, 0.1) is 5.92 Å². The number of aromatic nitrogens is 1. The standard InChI is InChI=1S/C17H21BrF3N3O3/c1-16(2,3)27-15(26)24-8-10(9-24)14(25)23(4)13(17(19,20)21)12-6-5-11(18)7-22-12/h5-7,10,13H,8-9H2,1-4H3. The van der Waals surface area contributed by atoms with Crippen molar-refractivity contribution in [3.05, 3.63) is 28.5 Å². The maximum absolute atomic E-state index is 13.6. The molecule has 2 amide bonds. The molecule has 0 N–H and O–H groups in total. The zero-order chi connectivity index (χ0) is 20.6. The minimum atomic E-state index is -4.68. The second-order valence-electron chi connectivity index (χ2n) is 7.38. The number of hydrogen-bond acceptors (Lipinski definition) is 4. The summed E-state index contributed by atoms with van der Waals surface area (Å²) in [5, 5.41) is 0. The highest BCUT2D eigenvalue weighted by molar-refractivity contribution is 9.10. The molecule has 1 aliphatic rings. The molecule has 2 heterocycles. The largest absolute Gasteiger partial charge is 0.444 e. The molecule has 1 fully saturated rings. The molecule has 1 unspecified atom stereocenters. The third-order valence-electron chi connectivity index (χ3n) is 3.96. The lowest BCUT2D eigenvalue weighted by Crippen LogP contribution is -2.57. The van der Waals surface area contributed by atoms with Gasteiger partial charge in [-0.2, -0.15) is 13.2 Å². The topological polar surface area (TPSA) is 62.7 Å². The maximum atomic E-state index is 13.6. The van der Waals surface area contributed by atoms with Gasteiger partial charge in [-0.3, -0.25) is 9.78 Å². The van der Waals surface area contributed by atoms with Gasteiger partial charge in [0.2, 0.25) is 5.91 Å². The SMILES string of the molecule is CN(C(=O)C1CN(C(=O)OC(C)(C)C)C1)C(c1ccc(Br)cn1)C(F)(F)F. The van der Waals surface area contributed by atoms with E-state index in [9.17, 15) is 22.8 Å². The first-order valence-electron chi connectivity index (χ1n) is 8.22. The number of carbonyl (C=O) groups is 2. The summed E-state index contributed by atoms with van der Waals surface area (Å²) in [6.45, 7) is 5.17. The first-order valence-corrected chi connectivity index (χ1v) is 9.01. The highest BCUT2D eigenvalue weighted by Crippen LogP contribution is 2.37. The van der Waals surface area contributed by atoms with E-state index in [2.05, 4.69) is 20.9 Å². The Morgan fingerprint density at radius 2 is 1.89 bits per heavy atom. The van der Waals surface area contributed by atoms with Crippen molar-refractivity contribution < 1.29 is 27.5 Å². The fourth-order valence-electron chi connectivity index (χ4n) is 2.66. The third-order valence-corrected chi connectivity index (χ3v) is 4.43. The van der Waals surface area contributed by atoms with Crippen LogP contribution in [0.1, 0.15) is 32.5 Å². The lowest BCUT2D eigenvalue weighted by molar-refractivity contribution is -0.193.